The van der Waals surface area contributed by atoms with Gasteiger partial charge in [0.2, 0.25) is 0 Å². The van der Waals surface area contributed by atoms with Gasteiger partial charge in [-0.1, -0.05) is 120 Å². The van der Waals surface area contributed by atoms with Crippen LogP contribution in [0.2, 0.25) is 0 Å². The van der Waals surface area contributed by atoms with Crippen molar-refractivity contribution in [2.24, 2.45) is 0 Å². The molecule has 2 unspecified atom stereocenters. The lowest BCUT2D eigenvalue weighted by Gasteiger charge is -2.47. The van der Waals surface area contributed by atoms with Crippen LogP contribution in [-0.2, 0) is 23.6 Å². The van der Waals surface area contributed by atoms with E-state index in [1.54, 1.807) is 0 Å². The summed E-state index contributed by atoms with van der Waals surface area (Å²) in [6.07, 6.45) is 0. The van der Waals surface area contributed by atoms with Crippen molar-refractivity contribution in [3.63, 3.8) is 0 Å². The zero-order valence-electron chi connectivity index (χ0n) is 33.2. The summed E-state index contributed by atoms with van der Waals surface area (Å²) in [5.41, 5.74) is 13.1. The lowest BCUT2D eigenvalue weighted by atomic mass is 10.0. The molecule has 0 bridgehead atoms. The van der Waals surface area contributed by atoms with Gasteiger partial charge in [-0.25, -0.2) is 0 Å². The van der Waals surface area contributed by atoms with E-state index < -0.39 is 12.1 Å². The van der Waals surface area contributed by atoms with Crippen molar-refractivity contribution in [1.29, 1.82) is 15.8 Å². The van der Waals surface area contributed by atoms with Gasteiger partial charge in [0.15, 0.2) is 0 Å². The average Bonchev–Trinajstić information content (AvgIpc) is 3.31. The molecule has 0 amide bonds. The van der Waals surface area contributed by atoms with Gasteiger partial charge >= 0.3 is 0 Å². The Bertz CT molecular complexity index is 3210. The summed E-state index contributed by atoms with van der Waals surface area (Å²) in [6, 6.07) is 59.5. The van der Waals surface area contributed by atoms with E-state index in [4.69, 9.17) is 23.6 Å². The van der Waals surface area contributed by atoms with Gasteiger partial charge in [0.25, 0.3) is 0 Å². The number of hydrogen-bond acceptors (Lipinski definition) is 6. The van der Waals surface area contributed by atoms with E-state index in [0.29, 0.717) is 16.7 Å². The van der Waals surface area contributed by atoms with Crippen molar-refractivity contribution in [2.75, 3.05) is 4.90 Å². The molecule has 0 saturated heterocycles. The largest absolute Gasteiger partial charge is 0.308 e. The summed E-state index contributed by atoms with van der Waals surface area (Å²) in [5.74, 6) is 0. The van der Waals surface area contributed by atoms with Gasteiger partial charge in [-0.3, -0.25) is 0 Å². The molecule has 4 nitrogen and oxygen atoms in total. The predicted octanol–water partition coefficient (Wildman–Crippen LogP) is 10.5. The molecule has 0 saturated carbocycles. The first-order chi connectivity index (χ1) is 29.6. The smallest absolute Gasteiger partial charge is 0.0991 e. The number of fused-ring (bicyclic) bond motifs is 4. The van der Waals surface area contributed by atoms with E-state index in [0.717, 1.165) is 93.4 Å². The maximum atomic E-state index is 9.79. The summed E-state index contributed by atoms with van der Waals surface area (Å²) in [4.78, 5) is 2.42. The number of aryl methyl sites for hydroxylation is 2. The standard InChI is InChI=1S/C53H34N4P2S2/c1-34-15-21-47-49(23-34)58(60,45-13-5-11-42(27-45)40-9-3-7-37(25-40)32-55)51-29-44(39-19-17-36(31-54)18-20-39)30-52-53(51)57(47)48-22-16-35(2)24-50(48)59(52,61)46-14-6-12-43(28-46)41-10-4-8-38(26-41)33-56/h3-30H,1-2H3. The minimum atomic E-state index is -2.87. The Kier molecular flexibility index (Phi) is 9.35. The zero-order valence-corrected chi connectivity index (χ0v) is 36.6. The molecule has 288 valence electrons. The molecule has 2 aliphatic heterocycles. The maximum absolute atomic E-state index is 9.79. The fourth-order valence-electron chi connectivity index (χ4n) is 8.85. The SMILES string of the molecule is Cc1ccc2c(c1)P(=S)(c1cccc(-c3cccc(C#N)c3)c1)c1cc(-c3ccc(C#N)cc3)cc3c1N2c1ccc(C)cc1P3(=S)c1cccc(-c2cccc(C#N)c2)c1. The lowest BCUT2D eigenvalue weighted by Crippen LogP contribution is -2.46. The van der Waals surface area contributed by atoms with Crippen LogP contribution in [0.4, 0.5) is 17.1 Å². The minimum absolute atomic E-state index is 0.591. The molecular weight excluding hydrogens is 819 g/mol. The fourth-order valence-corrected chi connectivity index (χ4v) is 17.6. The zero-order chi connectivity index (χ0) is 42.0. The van der Waals surface area contributed by atoms with Gasteiger partial charge in [-0.05, 0) is 143 Å². The highest BCUT2D eigenvalue weighted by Crippen LogP contribution is 2.61. The number of nitrogens with zero attached hydrogens (tertiary/aromatic N) is 4. The van der Waals surface area contributed by atoms with Crippen molar-refractivity contribution >= 4 is 84.6 Å². The summed E-state index contributed by atoms with van der Waals surface area (Å²) < 4.78 is 0. The van der Waals surface area contributed by atoms with Crippen molar-refractivity contribution < 1.29 is 0 Å². The van der Waals surface area contributed by atoms with Gasteiger partial charge in [0, 0.05) is 33.3 Å². The normalized spacial score (nSPS) is 16.9. The predicted molar refractivity (Wildman–Crippen MR) is 260 cm³/mol. The van der Waals surface area contributed by atoms with E-state index in [1.807, 2.05) is 72.8 Å². The second kappa shape index (κ2) is 14.8. The highest BCUT2D eigenvalue weighted by atomic mass is 32.4. The van der Waals surface area contributed by atoms with Crippen LogP contribution in [0.3, 0.4) is 0 Å². The number of hydrogen-bond donors (Lipinski definition) is 0. The van der Waals surface area contributed by atoms with Gasteiger partial charge < -0.3 is 4.90 Å². The maximum Gasteiger partial charge on any atom is 0.0991 e. The molecule has 0 spiro atoms. The van der Waals surface area contributed by atoms with Crippen LogP contribution >= 0.6 is 12.1 Å². The van der Waals surface area contributed by atoms with Crippen molar-refractivity contribution in [2.45, 2.75) is 13.8 Å². The molecule has 0 radical (unpaired) electrons. The molecule has 2 aliphatic rings. The Morgan fingerprint density at radius 3 is 1.26 bits per heavy atom. The molecule has 10 rings (SSSR count). The molecule has 2 heterocycles. The molecule has 8 heteroatoms. The first-order valence-corrected chi connectivity index (χ1v) is 25.4. The number of nitriles is 3. The third-order valence-corrected chi connectivity index (χ3v) is 21.6. The second-order valence-electron chi connectivity index (χ2n) is 15.6. The molecular formula is C53H34N4P2S2. The number of benzene rings is 8. The third kappa shape index (κ3) is 6.14. The van der Waals surface area contributed by atoms with Crippen LogP contribution in [-0.4, -0.2) is 0 Å². The van der Waals surface area contributed by atoms with Gasteiger partial charge in [-0.2, -0.15) is 15.8 Å². The molecule has 61 heavy (non-hydrogen) atoms. The Morgan fingerprint density at radius 1 is 0.393 bits per heavy atom. The quantitative estimate of drug-likeness (QED) is 0.161. The number of rotatable bonds is 5. The van der Waals surface area contributed by atoms with Crippen LogP contribution in [0.25, 0.3) is 33.4 Å². The van der Waals surface area contributed by atoms with Crippen molar-refractivity contribution in [3.8, 4) is 51.6 Å². The van der Waals surface area contributed by atoms with Crippen LogP contribution in [0, 0.1) is 47.8 Å². The summed E-state index contributed by atoms with van der Waals surface area (Å²) in [7, 11) is 0. The van der Waals surface area contributed by atoms with Gasteiger partial charge in [0.05, 0.1) is 52.0 Å². The Hall–Kier alpha value is -6.67. The highest BCUT2D eigenvalue weighted by Gasteiger charge is 2.46. The third-order valence-electron chi connectivity index (χ3n) is 11.8. The second-order valence-corrected chi connectivity index (χ2v) is 24.3. The lowest BCUT2D eigenvalue weighted by molar-refractivity contribution is 1.30. The summed E-state index contributed by atoms with van der Waals surface area (Å²) >= 11 is 14.7. The van der Waals surface area contributed by atoms with E-state index in [2.05, 4.69) is 134 Å². The molecule has 0 fully saturated rings. The Labute approximate surface area is 366 Å². The minimum Gasteiger partial charge on any atom is -0.308 e. The van der Waals surface area contributed by atoms with Gasteiger partial charge in [0.1, 0.15) is 0 Å². The molecule has 8 aromatic rings. The molecule has 8 aromatic carbocycles. The molecule has 0 aromatic heterocycles. The molecule has 0 N–H and O–H groups in total. The van der Waals surface area contributed by atoms with Crippen LogP contribution < -0.4 is 36.7 Å². The van der Waals surface area contributed by atoms with E-state index in [1.165, 1.54) is 0 Å². The number of anilines is 3. The molecule has 0 aliphatic carbocycles. The monoisotopic (exact) mass is 852 g/mol. The topological polar surface area (TPSA) is 74.6 Å². The van der Waals surface area contributed by atoms with E-state index in [-0.39, 0.29) is 0 Å². The van der Waals surface area contributed by atoms with Crippen molar-refractivity contribution in [3.05, 3.63) is 198 Å². The summed E-state index contributed by atoms with van der Waals surface area (Å²) in [6.45, 7) is 4.26. The van der Waals surface area contributed by atoms with Crippen LogP contribution in [0.5, 0.6) is 0 Å². The van der Waals surface area contributed by atoms with Crippen LogP contribution in [0.15, 0.2) is 170 Å². The fraction of sp³-hybridized carbons (Fsp3) is 0.0377. The van der Waals surface area contributed by atoms with E-state index >= 15 is 0 Å². The van der Waals surface area contributed by atoms with E-state index in [9.17, 15) is 15.8 Å². The molecule has 2 atom stereocenters. The highest BCUT2D eigenvalue weighted by molar-refractivity contribution is 8.27. The first kappa shape index (κ1) is 38.5. The Balaban J connectivity index is 1.33. The van der Waals surface area contributed by atoms with Gasteiger partial charge in [-0.15, -0.1) is 0 Å². The summed E-state index contributed by atoms with van der Waals surface area (Å²) in [5, 5.41) is 35.8. The first-order valence-electron chi connectivity index (χ1n) is 19.8. The van der Waals surface area contributed by atoms with Crippen LogP contribution in [0.1, 0.15) is 27.8 Å². The average molecular weight is 853 g/mol. The van der Waals surface area contributed by atoms with Crippen molar-refractivity contribution in [1.82, 2.24) is 0 Å². The Morgan fingerprint density at radius 2 is 0.820 bits per heavy atom.